The number of fused-ring (bicyclic) bond motifs is 13. The van der Waals surface area contributed by atoms with Crippen LogP contribution in [0.15, 0.2) is 154 Å². The van der Waals surface area contributed by atoms with Gasteiger partial charge in [-0.05, 0) is 51.9 Å². The van der Waals surface area contributed by atoms with Gasteiger partial charge in [-0.15, -0.1) is 0 Å². The molecule has 0 N–H and O–H groups in total. The molecule has 0 fully saturated rings. The first-order valence-corrected chi connectivity index (χ1v) is 15.9. The molecule has 47 heavy (non-hydrogen) atoms. The molecule has 0 bridgehead atoms. The highest BCUT2D eigenvalue weighted by Crippen LogP contribution is 2.49. The summed E-state index contributed by atoms with van der Waals surface area (Å²) in [5, 5.41) is 11.5. The second-order valence-corrected chi connectivity index (χ2v) is 12.3. The number of para-hydroxylation sites is 3. The largest absolute Gasteiger partial charge is 0.455 e. The first kappa shape index (κ1) is 24.9. The summed E-state index contributed by atoms with van der Waals surface area (Å²) in [5.41, 5.74) is 7.44. The minimum atomic E-state index is 0.570. The van der Waals surface area contributed by atoms with Crippen molar-refractivity contribution < 1.29 is 8.83 Å². The fourth-order valence-corrected chi connectivity index (χ4v) is 7.83. The summed E-state index contributed by atoms with van der Waals surface area (Å²) in [6.45, 7) is 0. The zero-order valence-corrected chi connectivity index (χ0v) is 25.1. The third kappa shape index (κ3) is 3.28. The summed E-state index contributed by atoms with van der Waals surface area (Å²) >= 11 is 0. The highest BCUT2D eigenvalue weighted by atomic mass is 16.3. The molecule has 0 aliphatic heterocycles. The first-order valence-electron chi connectivity index (χ1n) is 15.9. The van der Waals surface area contributed by atoms with Crippen molar-refractivity contribution in [2.75, 3.05) is 0 Å². The van der Waals surface area contributed by atoms with Crippen LogP contribution in [-0.4, -0.2) is 9.55 Å². The number of aromatic nitrogens is 2. The quantitative estimate of drug-likeness (QED) is 0.198. The summed E-state index contributed by atoms with van der Waals surface area (Å²) < 4.78 is 15.8. The van der Waals surface area contributed by atoms with Gasteiger partial charge in [0.2, 0.25) is 5.89 Å². The fraction of sp³-hybridized carbons (Fsp3) is 0. The molecule has 0 aliphatic rings. The van der Waals surface area contributed by atoms with Crippen LogP contribution in [0.3, 0.4) is 0 Å². The van der Waals surface area contributed by atoms with Crippen molar-refractivity contribution in [1.29, 1.82) is 0 Å². The third-order valence-electron chi connectivity index (χ3n) is 9.79. The lowest BCUT2D eigenvalue weighted by atomic mass is 9.97. The van der Waals surface area contributed by atoms with Crippen molar-refractivity contribution in [2.45, 2.75) is 0 Å². The topological polar surface area (TPSA) is 44.1 Å². The smallest absolute Gasteiger partial charge is 0.230 e. The van der Waals surface area contributed by atoms with Gasteiger partial charge in [0, 0.05) is 32.3 Å². The van der Waals surface area contributed by atoms with E-state index in [9.17, 15) is 0 Å². The molecule has 11 rings (SSSR count). The summed E-state index contributed by atoms with van der Waals surface area (Å²) in [6.07, 6.45) is 0. The van der Waals surface area contributed by atoms with Gasteiger partial charge in [-0.2, -0.15) is 0 Å². The van der Waals surface area contributed by atoms with Crippen molar-refractivity contribution >= 4 is 87.2 Å². The van der Waals surface area contributed by atoms with Crippen molar-refractivity contribution in [1.82, 2.24) is 9.55 Å². The van der Waals surface area contributed by atoms with Crippen LogP contribution in [0.5, 0.6) is 0 Å². The third-order valence-corrected chi connectivity index (χ3v) is 9.79. The monoisotopic (exact) mass is 600 g/mol. The van der Waals surface area contributed by atoms with Gasteiger partial charge in [-0.3, -0.25) is 0 Å². The minimum Gasteiger partial charge on any atom is -0.455 e. The van der Waals surface area contributed by atoms with E-state index in [0.717, 1.165) is 66.1 Å². The van der Waals surface area contributed by atoms with E-state index in [2.05, 4.69) is 114 Å². The summed E-state index contributed by atoms with van der Waals surface area (Å²) in [4.78, 5) is 5.14. The van der Waals surface area contributed by atoms with E-state index in [-0.39, 0.29) is 0 Å². The molecular weight excluding hydrogens is 576 g/mol. The van der Waals surface area contributed by atoms with Gasteiger partial charge in [-0.1, -0.05) is 115 Å². The molecule has 0 saturated heterocycles. The Balaban J connectivity index is 1.45. The van der Waals surface area contributed by atoms with E-state index >= 15 is 0 Å². The SMILES string of the molecule is c1ccc2c(c1)ccc1c2c2c3ccccc3ccc2n1-c1c(-c2nc3ccccc3o2)c2c3ccccc3oc2c2ccccc12. The average molecular weight is 601 g/mol. The lowest BCUT2D eigenvalue weighted by molar-refractivity contribution is 0.620. The molecule has 0 saturated carbocycles. The number of furan rings is 1. The Bertz CT molecular complexity index is 2960. The summed E-state index contributed by atoms with van der Waals surface area (Å²) in [5.74, 6) is 0.570. The van der Waals surface area contributed by atoms with Crippen molar-refractivity contribution in [3.05, 3.63) is 146 Å². The number of benzene rings is 8. The number of rotatable bonds is 2. The van der Waals surface area contributed by atoms with Crippen LogP contribution in [0, 0.1) is 0 Å². The molecule has 0 amide bonds. The van der Waals surface area contributed by atoms with Crippen LogP contribution in [0.2, 0.25) is 0 Å². The highest BCUT2D eigenvalue weighted by Gasteiger charge is 2.28. The predicted molar refractivity (Wildman–Crippen MR) is 194 cm³/mol. The van der Waals surface area contributed by atoms with E-state index in [1.165, 1.54) is 32.3 Å². The van der Waals surface area contributed by atoms with Gasteiger partial charge in [-0.25, -0.2) is 4.98 Å². The molecule has 0 radical (unpaired) electrons. The van der Waals surface area contributed by atoms with Crippen LogP contribution >= 0.6 is 0 Å². The van der Waals surface area contributed by atoms with Crippen LogP contribution in [0.25, 0.3) is 104 Å². The zero-order valence-electron chi connectivity index (χ0n) is 25.1. The lowest BCUT2D eigenvalue weighted by Crippen LogP contribution is -2.00. The number of hydrogen-bond acceptors (Lipinski definition) is 3. The molecule has 3 aromatic heterocycles. The van der Waals surface area contributed by atoms with Gasteiger partial charge >= 0.3 is 0 Å². The molecule has 0 aliphatic carbocycles. The Morgan fingerprint density at radius 2 is 0.979 bits per heavy atom. The standard InChI is InChI=1S/C43H24N2O2/c1-3-13-27-25(11-1)21-23-33-37(27)38-28-14-4-2-12-26(28)22-24-34(38)45(33)41-29-15-5-6-16-30(29)42-39(31-17-7-9-19-35(31)46-42)40(41)43-44-32-18-8-10-20-36(32)47-43/h1-24H. The molecule has 4 nitrogen and oxygen atoms in total. The van der Waals surface area contributed by atoms with Crippen LogP contribution in [-0.2, 0) is 0 Å². The zero-order chi connectivity index (χ0) is 30.6. The molecule has 11 aromatic rings. The van der Waals surface area contributed by atoms with E-state index in [1.54, 1.807) is 0 Å². The molecule has 0 atom stereocenters. The maximum atomic E-state index is 6.69. The van der Waals surface area contributed by atoms with Crippen molar-refractivity contribution in [3.63, 3.8) is 0 Å². The number of hydrogen-bond donors (Lipinski definition) is 0. The van der Waals surface area contributed by atoms with E-state index in [0.29, 0.717) is 5.89 Å². The molecule has 218 valence electrons. The van der Waals surface area contributed by atoms with E-state index in [1.807, 2.05) is 36.4 Å². The van der Waals surface area contributed by atoms with Crippen LogP contribution < -0.4 is 0 Å². The highest BCUT2D eigenvalue weighted by molar-refractivity contribution is 6.30. The maximum Gasteiger partial charge on any atom is 0.230 e. The molecule has 8 aromatic carbocycles. The molecule has 4 heteroatoms. The number of nitrogens with zero attached hydrogens (tertiary/aromatic N) is 2. The molecule has 0 unspecified atom stereocenters. The fourth-order valence-electron chi connectivity index (χ4n) is 7.83. The average Bonchev–Trinajstić information content (AvgIpc) is 3.83. The molecule has 0 spiro atoms. The summed E-state index contributed by atoms with van der Waals surface area (Å²) in [6, 6.07) is 51.2. The van der Waals surface area contributed by atoms with E-state index < -0.39 is 0 Å². The first-order chi connectivity index (χ1) is 23.3. The Morgan fingerprint density at radius 3 is 1.66 bits per heavy atom. The lowest BCUT2D eigenvalue weighted by Gasteiger charge is -2.17. The minimum absolute atomic E-state index is 0.570. The predicted octanol–water partition coefficient (Wildman–Crippen LogP) is 12.0. The van der Waals surface area contributed by atoms with Crippen molar-refractivity contribution in [3.8, 4) is 17.1 Å². The van der Waals surface area contributed by atoms with Gasteiger partial charge in [0.1, 0.15) is 16.7 Å². The van der Waals surface area contributed by atoms with Gasteiger partial charge in [0.25, 0.3) is 0 Å². The number of oxazole rings is 1. The van der Waals surface area contributed by atoms with Gasteiger partial charge < -0.3 is 13.4 Å². The molecule has 3 heterocycles. The Kier molecular flexibility index (Phi) is 4.81. The second-order valence-electron chi connectivity index (χ2n) is 12.3. The Morgan fingerprint density at radius 1 is 0.426 bits per heavy atom. The Hall–Kier alpha value is -6.39. The van der Waals surface area contributed by atoms with Crippen LogP contribution in [0.4, 0.5) is 0 Å². The van der Waals surface area contributed by atoms with Crippen molar-refractivity contribution in [2.24, 2.45) is 0 Å². The molecular formula is C43H24N2O2. The maximum absolute atomic E-state index is 6.69. The second kappa shape index (κ2) is 9.09. The summed E-state index contributed by atoms with van der Waals surface area (Å²) in [7, 11) is 0. The normalized spacial score (nSPS) is 12.3. The van der Waals surface area contributed by atoms with E-state index in [4.69, 9.17) is 13.8 Å². The van der Waals surface area contributed by atoms with Gasteiger partial charge in [0.15, 0.2) is 5.58 Å². The van der Waals surface area contributed by atoms with Gasteiger partial charge in [0.05, 0.1) is 22.3 Å². The van der Waals surface area contributed by atoms with Crippen LogP contribution in [0.1, 0.15) is 0 Å². The Labute approximate surface area is 267 Å².